The molecular formula is C45H26N4O2. The Morgan fingerprint density at radius 3 is 1.86 bits per heavy atom. The van der Waals surface area contributed by atoms with Crippen LogP contribution in [0.1, 0.15) is 13.7 Å². The van der Waals surface area contributed by atoms with E-state index in [1.54, 1.807) is 12.1 Å². The number of aromatic nitrogens is 4. The molecule has 0 amide bonds. The van der Waals surface area contributed by atoms with Crippen molar-refractivity contribution in [2.24, 2.45) is 0 Å². The van der Waals surface area contributed by atoms with Crippen molar-refractivity contribution in [3.63, 3.8) is 0 Å². The van der Waals surface area contributed by atoms with Crippen LogP contribution >= 0.6 is 0 Å². The van der Waals surface area contributed by atoms with Crippen LogP contribution in [-0.4, -0.2) is 19.5 Å². The Bertz CT molecular complexity index is 3600. The molecule has 11 aromatic rings. The molecule has 4 aromatic heterocycles. The summed E-state index contributed by atoms with van der Waals surface area (Å²) in [7, 11) is 0. The lowest BCUT2D eigenvalue weighted by Crippen LogP contribution is -2.00. The Kier molecular flexibility index (Phi) is 4.17. The van der Waals surface area contributed by atoms with Crippen molar-refractivity contribution in [2.45, 2.75) is 0 Å². The van der Waals surface area contributed by atoms with Gasteiger partial charge in [-0.15, -0.1) is 0 Å². The van der Waals surface area contributed by atoms with Crippen LogP contribution < -0.4 is 0 Å². The quantitative estimate of drug-likeness (QED) is 0.187. The number of hydrogen-bond acceptors (Lipinski definition) is 5. The molecule has 4 heterocycles. The van der Waals surface area contributed by atoms with E-state index >= 15 is 0 Å². The molecule has 6 heteroatoms. The predicted molar refractivity (Wildman–Crippen MR) is 205 cm³/mol. The Balaban J connectivity index is 1.16. The highest BCUT2D eigenvalue weighted by Gasteiger charge is 2.22. The maximum absolute atomic E-state index is 8.67. The van der Waals surface area contributed by atoms with Gasteiger partial charge in [0.2, 0.25) is 0 Å². The van der Waals surface area contributed by atoms with Crippen molar-refractivity contribution in [1.82, 2.24) is 19.5 Å². The van der Waals surface area contributed by atoms with E-state index in [1.165, 1.54) is 0 Å². The van der Waals surface area contributed by atoms with Gasteiger partial charge in [0.05, 0.1) is 35.8 Å². The first kappa shape index (κ1) is 19.8. The number of furan rings is 2. The molecule has 0 fully saturated rings. The molecule has 0 saturated heterocycles. The van der Waals surface area contributed by atoms with Gasteiger partial charge in [-0.3, -0.25) is 0 Å². The first-order valence-electron chi connectivity index (χ1n) is 21.1. The molecule has 0 aliphatic heterocycles. The van der Waals surface area contributed by atoms with Gasteiger partial charge in [-0.2, -0.15) is 0 Å². The van der Waals surface area contributed by atoms with Crippen molar-refractivity contribution >= 4 is 65.7 Å². The lowest BCUT2D eigenvalue weighted by atomic mass is 10.1. The van der Waals surface area contributed by atoms with Crippen molar-refractivity contribution in [3.8, 4) is 39.9 Å². The summed E-state index contributed by atoms with van der Waals surface area (Å²) in [5.41, 5.74) is 4.95. The zero-order valence-electron chi connectivity index (χ0n) is 36.3. The molecule has 11 rings (SSSR count). The van der Waals surface area contributed by atoms with Gasteiger partial charge in [-0.1, -0.05) is 115 Å². The van der Waals surface area contributed by atoms with E-state index in [0.717, 1.165) is 60.2 Å². The van der Waals surface area contributed by atoms with Gasteiger partial charge in [0.15, 0.2) is 23.1 Å². The molecule has 238 valence electrons. The highest BCUT2D eigenvalue weighted by Crippen LogP contribution is 2.43. The summed E-state index contributed by atoms with van der Waals surface area (Å²) in [6.07, 6.45) is 0. The number of hydrogen-bond donors (Lipinski definition) is 0. The molecule has 0 spiro atoms. The number of nitrogens with zero attached hydrogens (tertiary/aromatic N) is 4. The van der Waals surface area contributed by atoms with Crippen molar-refractivity contribution in [2.75, 3.05) is 0 Å². The molecule has 51 heavy (non-hydrogen) atoms. The largest absolute Gasteiger partial charge is 0.456 e. The van der Waals surface area contributed by atoms with Gasteiger partial charge in [-0.05, 0) is 42.5 Å². The second-order valence-corrected chi connectivity index (χ2v) is 12.1. The van der Waals surface area contributed by atoms with Crippen LogP contribution in [0.2, 0.25) is 0 Å². The van der Waals surface area contributed by atoms with Gasteiger partial charge in [0.25, 0.3) is 0 Å². The molecule has 6 nitrogen and oxygen atoms in total. The Hall–Kier alpha value is -7.05. The van der Waals surface area contributed by atoms with Crippen LogP contribution in [0.15, 0.2) is 166 Å². The Morgan fingerprint density at radius 2 is 1.10 bits per heavy atom. The summed E-state index contributed by atoms with van der Waals surface area (Å²) in [6.45, 7) is 0. The van der Waals surface area contributed by atoms with Crippen LogP contribution in [0.5, 0.6) is 0 Å². The van der Waals surface area contributed by atoms with E-state index in [-0.39, 0.29) is 28.6 Å². The summed E-state index contributed by atoms with van der Waals surface area (Å²) < 4.78 is 99.5. The van der Waals surface area contributed by atoms with Crippen molar-refractivity contribution < 1.29 is 22.5 Å². The highest BCUT2D eigenvalue weighted by molar-refractivity contribution is 6.22. The van der Waals surface area contributed by atoms with Crippen LogP contribution in [0.25, 0.3) is 106 Å². The van der Waals surface area contributed by atoms with Gasteiger partial charge < -0.3 is 13.4 Å². The third kappa shape index (κ3) is 4.20. The summed E-state index contributed by atoms with van der Waals surface area (Å²) in [5, 5.41) is 5.64. The van der Waals surface area contributed by atoms with E-state index in [4.69, 9.17) is 22.5 Å². The molecule has 0 saturated carbocycles. The number of fused-ring (bicyclic) bond motifs is 10. The van der Waals surface area contributed by atoms with Crippen LogP contribution in [0.3, 0.4) is 0 Å². The monoisotopic (exact) mass is 664 g/mol. The van der Waals surface area contributed by atoms with Gasteiger partial charge in [0, 0.05) is 43.6 Å². The van der Waals surface area contributed by atoms with Gasteiger partial charge in [0.1, 0.15) is 16.7 Å². The smallest absolute Gasteiger partial charge is 0.164 e. The minimum Gasteiger partial charge on any atom is -0.456 e. The van der Waals surface area contributed by atoms with Crippen molar-refractivity contribution in [3.05, 3.63) is 157 Å². The summed E-state index contributed by atoms with van der Waals surface area (Å²) in [5.74, 6) is -0.756. The average molecular weight is 665 g/mol. The molecule has 0 aliphatic rings. The van der Waals surface area contributed by atoms with E-state index in [2.05, 4.69) is 49.9 Å². The maximum atomic E-state index is 8.67. The molecule has 7 aromatic carbocycles. The summed E-state index contributed by atoms with van der Waals surface area (Å²) >= 11 is 0. The van der Waals surface area contributed by atoms with Crippen molar-refractivity contribution in [1.29, 1.82) is 0 Å². The standard InChI is InChI=1S/C45H26N4O2/c1-3-12-27(13-4-1)43-46-44(28-14-5-2-6-15-28)48-45(47-43)29-22-23-34-39(26-29)50-38-21-11-19-36(40(34)38)49-35-18-9-7-16-30(35)32-24-25-33-31-17-8-10-20-37(31)51-42(33)41(32)49/h1-26H/i1D,2D,3D,4D,5D,6D,12D,13D,14D,15D. The molecule has 0 unspecified atom stereocenters. The zero-order chi connectivity index (χ0) is 42.2. The summed E-state index contributed by atoms with van der Waals surface area (Å²) in [4.78, 5) is 13.6. The number of para-hydroxylation sites is 2. The number of rotatable bonds is 4. The fourth-order valence-corrected chi connectivity index (χ4v) is 7.07. The minimum atomic E-state index is -0.619. The van der Waals surface area contributed by atoms with Crippen LogP contribution in [0.4, 0.5) is 0 Å². The molecular weight excluding hydrogens is 629 g/mol. The highest BCUT2D eigenvalue weighted by atomic mass is 16.3. The molecule has 0 radical (unpaired) electrons. The zero-order valence-corrected chi connectivity index (χ0v) is 26.3. The maximum Gasteiger partial charge on any atom is 0.164 e. The van der Waals surface area contributed by atoms with E-state index in [0.29, 0.717) is 16.7 Å². The fraction of sp³-hybridized carbons (Fsp3) is 0. The second-order valence-electron chi connectivity index (χ2n) is 12.1. The average Bonchev–Trinajstić information content (AvgIpc) is 3.96. The van der Waals surface area contributed by atoms with E-state index < -0.39 is 60.4 Å². The normalized spacial score (nSPS) is 14.7. The van der Waals surface area contributed by atoms with E-state index in [9.17, 15) is 0 Å². The van der Waals surface area contributed by atoms with Crippen LogP contribution in [0, 0.1) is 0 Å². The van der Waals surface area contributed by atoms with E-state index in [1.807, 2.05) is 54.6 Å². The van der Waals surface area contributed by atoms with Gasteiger partial charge in [-0.25, -0.2) is 15.0 Å². The molecule has 0 atom stereocenters. The second kappa shape index (κ2) is 10.7. The first-order valence-corrected chi connectivity index (χ1v) is 16.1. The fourth-order valence-electron chi connectivity index (χ4n) is 7.07. The van der Waals surface area contributed by atoms with Gasteiger partial charge >= 0.3 is 0 Å². The SMILES string of the molecule is [2H]c1c([2H])c([2H])c(-c2nc(-c3ccc4c(c3)oc3cccc(-n5c6ccccc6c6ccc7c8ccccc8oc7c65)c34)nc(-c3c([2H])c([2H])c([2H])c([2H])c3[2H])n2)c([2H])c1[2H]. The van der Waals surface area contributed by atoms with Crippen LogP contribution in [-0.2, 0) is 0 Å². The summed E-state index contributed by atoms with van der Waals surface area (Å²) in [6, 6.07) is 25.4. The third-order valence-corrected chi connectivity index (χ3v) is 9.24. The predicted octanol–water partition coefficient (Wildman–Crippen LogP) is 11.8. The first-order chi connectivity index (χ1) is 29.4. The number of benzene rings is 7. The molecule has 0 N–H and O–H groups in total. The lowest BCUT2D eigenvalue weighted by Gasteiger charge is -2.10. The Labute approximate surface area is 304 Å². The minimum absolute atomic E-state index is 0.0594. The molecule has 0 bridgehead atoms. The molecule has 0 aliphatic carbocycles. The third-order valence-electron chi connectivity index (χ3n) is 9.24. The Morgan fingerprint density at radius 1 is 0.471 bits per heavy atom. The topological polar surface area (TPSA) is 69.9 Å². The lowest BCUT2D eigenvalue weighted by molar-refractivity contribution is 0.668.